The lowest BCUT2D eigenvalue weighted by molar-refractivity contribution is 0.0697. The van der Waals surface area contributed by atoms with Gasteiger partial charge >= 0.3 is 5.97 Å². The van der Waals surface area contributed by atoms with Gasteiger partial charge in [0.2, 0.25) is 0 Å². The molecule has 0 spiro atoms. The lowest BCUT2D eigenvalue weighted by Crippen LogP contribution is -2.02. The summed E-state index contributed by atoms with van der Waals surface area (Å²) in [6.45, 7) is 5.11. The van der Waals surface area contributed by atoms with Gasteiger partial charge in [0.15, 0.2) is 0 Å². The normalized spacial score (nSPS) is 10.6. The van der Waals surface area contributed by atoms with Gasteiger partial charge in [0, 0.05) is 12.2 Å². The number of rotatable bonds is 6. The Morgan fingerprint density at radius 3 is 2.38 bits per heavy atom. The minimum Gasteiger partial charge on any atom is -0.478 e. The number of hydrogen-bond acceptors (Lipinski definition) is 2. The summed E-state index contributed by atoms with van der Waals surface area (Å²) in [6.07, 6.45) is 1.09. The zero-order valence-corrected chi connectivity index (χ0v) is 12.5. The lowest BCUT2D eigenvalue weighted by atomic mass is 10.0. The first-order valence-corrected chi connectivity index (χ1v) is 7.19. The van der Waals surface area contributed by atoms with Crippen LogP contribution in [0.2, 0.25) is 0 Å². The Balaban J connectivity index is 1.96. The molecule has 3 heteroatoms. The molecule has 0 aromatic heterocycles. The van der Waals surface area contributed by atoms with Crippen molar-refractivity contribution >= 4 is 11.7 Å². The molecule has 0 saturated heterocycles. The smallest absolute Gasteiger partial charge is 0.335 e. The van der Waals surface area contributed by atoms with Crippen LogP contribution in [0.1, 0.15) is 35.3 Å². The summed E-state index contributed by atoms with van der Waals surface area (Å²) < 4.78 is 0. The quantitative estimate of drug-likeness (QED) is 0.835. The Morgan fingerprint density at radius 1 is 1.10 bits per heavy atom. The number of carboxylic acids is 1. The Morgan fingerprint density at radius 2 is 1.76 bits per heavy atom. The molecule has 0 bridgehead atoms. The van der Waals surface area contributed by atoms with Crippen molar-refractivity contribution in [3.05, 3.63) is 65.2 Å². The highest BCUT2D eigenvalue weighted by atomic mass is 16.4. The van der Waals surface area contributed by atoms with Crippen LogP contribution < -0.4 is 5.32 Å². The summed E-state index contributed by atoms with van der Waals surface area (Å²) in [5.41, 5.74) is 3.65. The van der Waals surface area contributed by atoms with Gasteiger partial charge in [-0.05, 0) is 41.7 Å². The molecular weight excluding hydrogens is 262 g/mol. The molecule has 0 aliphatic carbocycles. The van der Waals surface area contributed by atoms with Gasteiger partial charge < -0.3 is 10.4 Å². The molecule has 0 radical (unpaired) electrons. The molecule has 0 aliphatic heterocycles. The standard InChI is InChI=1S/C18H21NO2/c1-13(2)10-14-6-8-15(9-7-14)12-19-17-5-3-4-16(11-17)18(20)21/h3-9,11,13,19H,10,12H2,1-2H3,(H,20,21). The van der Waals surface area contributed by atoms with Crippen molar-refractivity contribution in [2.45, 2.75) is 26.8 Å². The average Bonchev–Trinajstić information content (AvgIpc) is 2.46. The first kappa shape index (κ1) is 15.1. The lowest BCUT2D eigenvalue weighted by Gasteiger charge is -2.09. The van der Waals surface area contributed by atoms with Gasteiger partial charge in [0.05, 0.1) is 5.56 Å². The Labute approximate surface area is 125 Å². The van der Waals surface area contributed by atoms with E-state index in [-0.39, 0.29) is 0 Å². The van der Waals surface area contributed by atoms with E-state index in [1.807, 2.05) is 6.07 Å². The molecule has 3 nitrogen and oxygen atoms in total. The van der Waals surface area contributed by atoms with Crippen LogP contribution in [0.4, 0.5) is 5.69 Å². The van der Waals surface area contributed by atoms with Crippen LogP contribution in [-0.4, -0.2) is 11.1 Å². The van der Waals surface area contributed by atoms with Gasteiger partial charge in [-0.2, -0.15) is 0 Å². The summed E-state index contributed by atoms with van der Waals surface area (Å²) >= 11 is 0. The highest BCUT2D eigenvalue weighted by Crippen LogP contribution is 2.14. The molecule has 0 aliphatic rings. The molecule has 21 heavy (non-hydrogen) atoms. The topological polar surface area (TPSA) is 49.3 Å². The first-order chi connectivity index (χ1) is 10.0. The van der Waals surface area contributed by atoms with Crippen molar-refractivity contribution in [2.24, 2.45) is 5.92 Å². The minimum absolute atomic E-state index is 0.298. The van der Waals surface area contributed by atoms with Gasteiger partial charge in [0.1, 0.15) is 0 Å². The monoisotopic (exact) mass is 283 g/mol. The third-order valence-electron chi connectivity index (χ3n) is 3.27. The molecule has 0 amide bonds. The number of carbonyl (C=O) groups is 1. The summed E-state index contributed by atoms with van der Waals surface area (Å²) in [6, 6.07) is 15.4. The van der Waals surface area contributed by atoms with Crippen LogP contribution in [0.25, 0.3) is 0 Å². The predicted molar refractivity (Wildman–Crippen MR) is 85.7 cm³/mol. The molecule has 0 heterocycles. The van der Waals surface area contributed by atoms with E-state index in [1.54, 1.807) is 18.2 Å². The van der Waals surface area contributed by atoms with Crippen molar-refractivity contribution in [3.8, 4) is 0 Å². The van der Waals surface area contributed by atoms with Crippen LogP contribution in [0, 0.1) is 5.92 Å². The Hall–Kier alpha value is -2.29. The average molecular weight is 283 g/mol. The number of anilines is 1. The van der Waals surface area contributed by atoms with E-state index in [9.17, 15) is 4.79 Å². The zero-order valence-electron chi connectivity index (χ0n) is 12.5. The first-order valence-electron chi connectivity index (χ1n) is 7.19. The van der Waals surface area contributed by atoms with E-state index < -0.39 is 5.97 Å². The largest absolute Gasteiger partial charge is 0.478 e. The second-order valence-electron chi connectivity index (χ2n) is 5.65. The SMILES string of the molecule is CC(C)Cc1ccc(CNc2cccc(C(=O)O)c2)cc1. The predicted octanol–water partition coefficient (Wildman–Crippen LogP) is 4.20. The second-order valence-corrected chi connectivity index (χ2v) is 5.65. The number of carboxylic acid groups (broad SMARTS) is 1. The molecule has 2 aromatic rings. The van der Waals surface area contributed by atoms with Gasteiger partial charge in [0.25, 0.3) is 0 Å². The van der Waals surface area contributed by atoms with E-state index in [4.69, 9.17) is 5.11 Å². The molecule has 2 N–H and O–H groups in total. The maximum Gasteiger partial charge on any atom is 0.335 e. The number of aromatic carboxylic acids is 1. The fourth-order valence-corrected chi connectivity index (χ4v) is 2.23. The van der Waals surface area contributed by atoms with Crippen LogP contribution in [-0.2, 0) is 13.0 Å². The molecule has 0 atom stereocenters. The molecule has 0 fully saturated rings. The maximum absolute atomic E-state index is 10.9. The van der Waals surface area contributed by atoms with Crippen molar-refractivity contribution < 1.29 is 9.90 Å². The molecule has 0 unspecified atom stereocenters. The third kappa shape index (κ3) is 4.63. The van der Waals surface area contributed by atoms with Crippen LogP contribution in [0.3, 0.4) is 0 Å². The maximum atomic E-state index is 10.9. The van der Waals surface area contributed by atoms with Crippen LogP contribution in [0.5, 0.6) is 0 Å². The Bertz CT molecular complexity index is 603. The summed E-state index contributed by atoms with van der Waals surface area (Å²) in [5.74, 6) is -0.246. The molecule has 0 saturated carbocycles. The molecule has 2 rings (SSSR count). The fourth-order valence-electron chi connectivity index (χ4n) is 2.23. The van der Waals surface area contributed by atoms with E-state index in [2.05, 4.69) is 43.4 Å². The number of nitrogens with one attached hydrogen (secondary N) is 1. The molecule has 110 valence electrons. The zero-order chi connectivity index (χ0) is 15.2. The summed E-state index contributed by atoms with van der Waals surface area (Å²) in [5, 5.41) is 12.2. The van der Waals surface area contributed by atoms with E-state index in [0.29, 0.717) is 18.0 Å². The summed E-state index contributed by atoms with van der Waals surface area (Å²) in [7, 11) is 0. The molecule has 2 aromatic carbocycles. The van der Waals surface area contributed by atoms with Crippen molar-refractivity contribution in [1.82, 2.24) is 0 Å². The number of benzene rings is 2. The Kier molecular flexibility index (Phi) is 4.99. The van der Waals surface area contributed by atoms with Gasteiger partial charge in [-0.3, -0.25) is 0 Å². The second kappa shape index (κ2) is 6.93. The van der Waals surface area contributed by atoms with E-state index >= 15 is 0 Å². The van der Waals surface area contributed by atoms with Crippen molar-refractivity contribution in [3.63, 3.8) is 0 Å². The van der Waals surface area contributed by atoms with Gasteiger partial charge in [-0.25, -0.2) is 4.79 Å². The van der Waals surface area contributed by atoms with Gasteiger partial charge in [-0.1, -0.05) is 44.2 Å². The highest BCUT2D eigenvalue weighted by molar-refractivity contribution is 5.88. The fraction of sp³-hybridized carbons (Fsp3) is 0.278. The van der Waals surface area contributed by atoms with Crippen molar-refractivity contribution in [2.75, 3.05) is 5.32 Å². The minimum atomic E-state index is -0.906. The number of hydrogen-bond donors (Lipinski definition) is 2. The third-order valence-corrected chi connectivity index (χ3v) is 3.27. The van der Waals surface area contributed by atoms with E-state index in [1.165, 1.54) is 11.1 Å². The molecular formula is C18H21NO2. The highest BCUT2D eigenvalue weighted by Gasteiger charge is 2.03. The van der Waals surface area contributed by atoms with Gasteiger partial charge in [-0.15, -0.1) is 0 Å². The van der Waals surface area contributed by atoms with Crippen LogP contribution >= 0.6 is 0 Å². The summed E-state index contributed by atoms with van der Waals surface area (Å²) in [4.78, 5) is 10.9. The van der Waals surface area contributed by atoms with Crippen molar-refractivity contribution in [1.29, 1.82) is 0 Å². The van der Waals surface area contributed by atoms with Crippen LogP contribution in [0.15, 0.2) is 48.5 Å². The van der Waals surface area contributed by atoms with E-state index in [0.717, 1.165) is 12.1 Å².